The van der Waals surface area contributed by atoms with Gasteiger partial charge in [0.25, 0.3) is 0 Å². The van der Waals surface area contributed by atoms with E-state index in [2.05, 4.69) is 364 Å². The van der Waals surface area contributed by atoms with E-state index >= 15 is 0 Å². The number of thiophene rings is 2. The molecule has 0 aliphatic rings. The van der Waals surface area contributed by atoms with Crippen molar-refractivity contribution >= 4 is 106 Å². The molecule has 6 nitrogen and oxygen atoms in total. The molecule has 530 valence electrons. The summed E-state index contributed by atoms with van der Waals surface area (Å²) in [6, 6.07) is 140. The van der Waals surface area contributed by atoms with E-state index in [1.807, 2.05) is 24.3 Å². The maximum absolute atomic E-state index is 5.72. The molecular weight excluding hydrogens is 1420 g/mol. The highest BCUT2D eigenvalue weighted by Crippen LogP contribution is 2.51. The van der Waals surface area contributed by atoms with Gasteiger partial charge in [-0.3, -0.25) is 0 Å². The topological polar surface area (TPSA) is 77.3 Å². The Morgan fingerprint density at radius 3 is 1.21 bits per heavy atom. The third kappa shape index (κ3) is 11.5. The molecule has 4 aromatic heterocycles. The lowest BCUT2D eigenvalue weighted by Gasteiger charge is -2.21. The molecule has 0 fully saturated rings. The zero-order chi connectivity index (χ0) is 75.2. The average Bonchev–Trinajstić information content (AvgIpc) is 1.59. The highest BCUT2D eigenvalue weighted by Gasteiger charge is 2.26. The normalized spacial score (nSPS) is 11.7. The Labute approximate surface area is 665 Å². The second kappa shape index (κ2) is 27.8. The van der Waals surface area contributed by atoms with Gasteiger partial charge in [0.1, 0.15) is 0 Å². The van der Waals surface area contributed by atoms with Gasteiger partial charge in [-0.05, 0) is 176 Å². The first kappa shape index (κ1) is 66.4. The van der Waals surface area contributed by atoms with Crippen LogP contribution in [0.2, 0.25) is 0 Å². The third-order valence-corrected chi connectivity index (χ3v) is 24.9. The summed E-state index contributed by atoms with van der Waals surface area (Å²) in [5.74, 6) is 3.59. The summed E-state index contributed by atoms with van der Waals surface area (Å²) in [7, 11) is 0. The molecule has 0 unspecified atom stereocenters. The molecule has 8 heteroatoms. The van der Waals surface area contributed by atoms with E-state index in [1.165, 1.54) is 69.4 Å². The molecule has 18 aromatic carbocycles. The highest BCUT2D eigenvalue weighted by atomic mass is 32.1. The van der Waals surface area contributed by atoms with Gasteiger partial charge >= 0.3 is 0 Å². The molecule has 0 saturated heterocycles. The molecule has 4 heterocycles. The van der Waals surface area contributed by atoms with Crippen LogP contribution in [0, 0.1) is 0 Å². The molecule has 22 rings (SSSR count). The summed E-state index contributed by atoms with van der Waals surface area (Å²) < 4.78 is 4.65. The Balaban J connectivity index is 0.695. The van der Waals surface area contributed by atoms with E-state index in [1.54, 1.807) is 22.7 Å². The first-order valence-corrected chi connectivity index (χ1v) is 40.1. The Kier molecular flexibility index (Phi) is 16.2. The van der Waals surface area contributed by atoms with E-state index in [9.17, 15) is 0 Å². The van der Waals surface area contributed by atoms with E-state index in [0.717, 1.165) is 125 Å². The van der Waals surface area contributed by atoms with Gasteiger partial charge < -0.3 is 0 Å². The summed E-state index contributed by atoms with van der Waals surface area (Å²) in [4.78, 5) is 33.0. The van der Waals surface area contributed by atoms with Crippen molar-refractivity contribution in [1.29, 1.82) is 0 Å². The van der Waals surface area contributed by atoms with Crippen molar-refractivity contribution in [1.82, 2.24) is 29.9 Å². The quantitative estimate of drug-likeness (QED) is 0.107. The third-order valence-electron chi connectivity index (χ3n) is 22.4. The fraction of sp³-hybridized carbons (Fsp3) is 0. The SMILES string of the molecule is c1ccc(-c2cccc(-c3ccc4cc(-c5ccc(-c6nc(-c7ccccc7)nc(-c7cc(-c8ccccc8-c8ccc9ccccc9c8-c8ccccc8-c8ccccc8-c8nc(-c9ccccc9)nc(-c9cccc%10c9sc9ccccc9%10)n8)cc8c7sc7ccccc78)n6)c6ccccc56)c5ccccc5c4c3)c2)cc1. The maximum Gasteiger partial charge on any atom is 0.165 e. The van der Waals surface area contributed by atoms with Crippen LogP contribution >= 0.6 is 22.7 Å². The minimum absolute atomic E-state index is 0.590. The van der Waals surface area contributed by atoms with Crippen molar-refractivity contribution in [2.45, 2.75) is 0 Å². The first-order valence-electron chi connectivity index (χ1n) is 38.5. The van der Waals surface area contributed by atoms with E-state index in [-0.39, 0.29) is 0 Å². The molecule has 0 amide bonds. The average molecular weight is 1490 g/mol. The molecule has 0 saturated carbocycles. The van der Waals surface area contributed by atoms with Crippen molar-refractivity contribution in [3.63, 3.8) is 0 Å². The number of hydrogen-bond donors (Lipinski definition) is 0. The second-order valence-corrected chi connectivity index (χ2v) is 31.1. The Morgan fingerprint density at radius 1 is 0.149 bits per heavy atom. The van der Waals surface area contributed by atoms with E-state index in [0.29, 0.717) is 34.9 Å². The zero-order valence-electron chi connectivity index (χ0n) is 61.5. The second-order valence-electron chi connectivity index (χ2n) is 29.0. The smallest absolute Gasteiger partial charge is 0.165 e. The molecular formula is C106H64N6S2. The lowest BCUT2D eigenvalue weighted by molar-refractivity contribution is 1.08. The fourth-order valence-corrected chi connectivity index (χ4v) is 19.5. The van der Waals surface area contributed by atoms with Gasteiger partial charge in [0.2, 0.25) is 0 Å². The van der Waals surface area contributed by atoms with Crippen LogP contribution in [-0.4, -0.2) is 29.9 Å². The Bertz CT molecular complexity index is 7620. The molecule has 0 aliphatic carbocycles. The number of benzene rings is 18. The number of nitrogens with zero attached hydrogens (tertiary/aromatic N) is 6. The van der Waals surface area contributed by atoms with Crippen molar-refractivity contribution < 1.29 is 0 Å². The number of rotatable bonds is 13. The van der Waals surface area contributed by atoms with E-state index < -0.39 is 0 Å². The van der Waals surface area contributed by atoms with Gasteiger partial charge in [0.05, 0.1) is 0 Å². The largest absolute Gasteiger partial charge is 0.208 e. The Morgan fingerprint density at radius 2 is 0.544 bits per heavy atom. The van der Waals surface area contributed by atoms with Crippen molar-refractivity contribution in [3.8, 4) is 146 Å². The number of aromatic nitrogens is 6. The van der Waals surface area contributed by atoms with Gasteiger partial charge in [0, 0.05) is 73.7 Å². The van der Waals surface area contributed by atoms with Crippen LogP contribution in [0.5, 0.6) is 0 Å². The van der Waals surface area contributed by atoms with Gasteiger partial charge in [-0.25, -0.2) is 29.9 Å². The lowest BCUT2D eigenvalue weighted by atomic mass is 9.83. The molecule has 22 aromatic rings. The molecule has 0 atom stereocenters. The maximum atomic E-state index is 5.72. The summed E-state index contributed by atoms with van der Waals surface area (Å²) in [6.07, 6.45) is 0. The highest BCUT2D eigenvalue weighted by molar-refractivity contribution is 7.26. The van der Waals surface area contributed by atoms with Crippen LogP contribution in [0.15, 0.2) is 388 Å². The molecule has 0 bridgehead atoms. The van der Waals surface area contributed by atoms with Crippen LogP contribution in [0.25, 0.3) is 230 Å². The molecule has 0 spiro atoms. The zero-order valence-corrected chi connectivity index (χ0v) is 63.1. The minimum Gasteiger partial charge on any atom is -0.208 e. The molecule has 114 heavy (non-hydrogen) atoms. The first-order chi connectivity index (χ1) is 56.5. The summed E-state index contributed by atoms with van der Waals surface area (Å²) in [5, 5.41) is 13.9. The predicted octanol–water partition coefficient (Wildman–Crippen LogP) is 29.1. The monoisotopic (exact) mass is 1480 g/mol. The molecule has 0 radical (unpaired) electrons. The van der Waals surface area contributed by atoms with Crippen LogP contribution < -0.4 is 0 Å². The predicted molar refractivity (Wildman–Crippen MR) is 480 cm³/mol. The van der Waals surface area contributed by atoms with Crippen LogP contribution in [0.3, 0.4) is 0 Å². The van der Waals surface area contributed by atoms with Crippen molar-refractivity contribution in [2.24, 2.45) is 0 Å². The van der Waals surface area contributed by atoms with Crippen LogP contribution in [0.4, 0.5) is 0 Å². The van der Waals surface area contributed by atoms with Gasteiger partial charge in [-0.1, -0.05) is 334 Å². The molecule has 0 aliphatic heterocycles. The standard InChI is InChI=1S/C106H64N6S2/c1-4-28-65(29-5-1)69-35-26-36-70(60-69)71-54-55-72-62-93(82-45-17-16-44-81(82)92(72)61-71)83-58-59-90(79-42-15-14-40-77(79)83)104-108-102(68-33-8-3-9-34-68)110-106(112-104)95-64-73(63-94-85-47-23-25-53-97(85)114-100(94)95)74-37-12-13-39-76(74)87-57-56-66-30-10-11-38-75(66)98(87)86-48-20-18-41-78(86)80-43-19-21-49-89(80)103-107-101(67-31-6-2-7-32-67)109-105(111-103)91-51-27-50-88-84-46-22-24-52-96(84)113-99(88)91/h1-64H. The van der Waals surface area contributed by atoms with Crippen LogP contribution in [-0.2, 0) is 0 Å². The number of hydrogen-bond acceptors (Lipinski definition) is 8. The fourth-order valence-electron chi connectivity index (χ4n) is 17.1. The molecule has 0 N–H and O–H groups in total. The van der Waals surface area contributed by atoms with Gasteiger partial charge in [-0.2, -0.15) is 0 Å². The van der Waals surface area contributed by atoms with E-state index in [4.69, 9.17) is 29.9 Å². The van der Waals surface area contributed by atoms with Crippen molar-refractivity contribution in [3.05, 3.63) is 388 Å². The summed E-state index contributed by atoms with van der Waals surface area (Å²) >= 11 is 3.56. The number of fused-ring (bicyclic) bond motifs is 11. The minimum atomic E-state index is 0.590. The summed E-state index contributed by atoms with van der Waals surface area (Å²) in [6.45, 7) is 0. The van der Waals surface area contributed by atoms with Crippen LogP contribution in [0.1, 0.15) is 0 Å². The Hall–Kier alpha value is -14.5. The lowest BCUT2D eigenvalue weighted by Crippen LogP contribution is -2.01. The van der Waals surface area contributed by atoms with Gasteiger partial charge in [-0.15, -0.1) is 22.7 Å². The summed E-state index contributed by atoms with van der Waals surface area (Å²) in [5.41, 5.74) is 21.1. The van der Waals surface area contributed by atoms with Gasteiger partial charge in [0.15, 0.2) is 34.9 Å². The van der Waals surface area contributed by atoms with Crippen molar-refractivity contribution in [2.75, 3.05) is 0 Å².